The fourth-order valence-corrected chi connectivity index (χ4v) is 2.34. The molecule has 0 bridgehead atoms. The Hall–Kier alpha value is -1.89. The van der Waals surface area contributed by atoms with Crippen LogP contribution in [-0.2, 0) is 11.4 Å². The number of halogens is 3. The fourth-order valence-electron chi connectivity index (χ4n) is 2.34. The van der Waals surface area contributed by atoms with Crippen LogP contribution in [0.2, 0.25) is 0 Å². The Bertz CT molecular complexity index is 668. The van der Waals surface area contributed by atoms with Crippen molar-refractivity contribution in [3.63, 3.8) is 0 Å². The maximum atomic E-state index is 12.8. The number of anilines is 1. The van der Waals surface area contributed by atoms with E-state index in [9.17, 15) is 9.18 Å². The number of carbonyl (C=O) groups is 1. The van der Waals surface area contributed by atoms with Gasteiger partial charge in [-0.2, -0.15) is 0 Å². The van der Waals surface area contributed by atoms with Gasteiger partial charge in [-0.15, -0.1) is 24.8 Å². The normalized spacial score (nSPS) is 16.3. The summed E-state index contributed by atoms with van der Waals surface area (Å²) in [6.45, 7) is 0.816. The van der Waals surface area contributed by atoms with Crippen molar-refractivity contribution in [3.05, 3.63) is 54.0 Å². The van der Waals surface area contributed by atoms with Gasteiger partial charge in [0.25, 0.3) is 0 Å². The largest absolute Gasteiger partial charge is 0.473 e. The van der Waals surface area contributed by atoms with Gasteiger partial charge in [0.1, 0.15) is 12.4 Å². The second kappa shape index (κ2) is 8.82. The van der Waals surface area contributed by atoms with Crippen LogP contribution in [-0.4, -0.2) is 23.5 Å². The number of hydrogen-bond donors (Lipinski definition) is 1. The molecule has 1 aromatic carbocycles. The SMILES string of the molecule is Cl.Cl.N[C@H]1CC(=O)N(c2ccc(OCc3ccc(F)cc3)nc2)C1. The molecule has 2 N–H and O–H groups in total. The van der Waals surface area contributed by atoms with E-state index in [-0.39, 0.29) is 42.6 Å². The number of benzene rings is 1. The Labute approximate surface area is 151 Å². The van der Waals surface area contributed by atoms with Gasteiger partial charge in [-0.3, -0.25) is 4.79 Å². The predicted octanol–water partition coefficient (Wildman–Crippen LogP) is 2.71. The van der Waals surface area contributed by atoms with Crippen LogP contribution in [0.1, 0.15) is 12.0 Å². The molecule has 8 heteroatoms. The summed E-state index contributed by atoms with van der Waals surface area (Å²) in [5.41, 5.74) is 7.34. The Morgan fingerprint density at radius 1 is 1.21 bits per heavy atom. The van der Waals surface area contributed by atoms with E-state index in [1.165, 1.54) is 12.1 Å². The van der Waals surface area contributed by atoms with Crippen LogP contribution in [0.15, 0.2) is 42.6 Å². The van der Waals surface area contributed by atoms with Gasteiger partial charge in [0, 0.05) is 25.1 Å². The monoisotopic (exact) mass is 373 g/mol. The smallest absolute Gasteiger partial charge is 0.228 e. The number of ether oxygens (including phenoxy) is 1. The molecule has 1 amide bonds. The van der Waals surface area contributed by atoms with Gasteiger partial charge in [0.15, 0.2) is 0 Å². The molecule has 0 unspecified atom stereocenters. The van der Waals surface area contributed by atoms with Crippen LogP contribution in [0.5, 0.6) is 5.88 Å². The summed E-state index contributed by atoms with van der Waals surface area (Å²) in [4.78, 5) is 17.6. The van der Waals surface area contributed by atoms with Crippen LogP contribution in [0.3, 0.4) is 0 Å². The van der Waals surface area contributed by atoms with Gasteiger partial charge in [-0.1, -0.05) is 12.1 Å². The average molecular weight is 374 g/mol. The summed E-state index contributed by atoms with van der Waals surface area (Å²) in [5, 5.41) is 0. The van der Waals surface area contributed by atoms with E-state index < -0.39 is 0 Å². The first kappa shape index (κ1) is 20.2. The van der Waals surface area contributed by atoms with E-state index in [1.54, 1.807) is 35.4 Å². The van der Waals surface area contributed by atoms with Crippen LogP contribution >= 0.6 is 24.8 Å². The summed E-state index contributed by atoms with van der Waals surface area (Å²) in [7, 11) is 0. The topological polar surface area (TPSA) is 68.5 Å². The molecule has 0 aliphatic carbocycles. The van der Waals surface area contributed by atoms with Crippen LogP contribution in [0, 0.1) is 5.82 Å². The fraction of sp³-hybridized carbons (Fsp3) is 0.250. The molecule has 3 rings (SSSR count). The molecular formula is C16H18Cl2FN3O2. The minimum absolute atomic E-state index is 0. The third-order valence-electron chi connectivity index (χ3n) is 3.49. The Morgan fingerprint density at radius 3 is 2.46 bits per heavy atom. The van der Waals surface area contributed by atoms with Crippen molar-refractivity contribution in [2.75, 3.05) is 11.4 Å². The van der Waals surface area contributed by atoms with Crippen LogP contribution in [0.4, 0.5) is 10.1 Å². The van der Waals surface area contributed by atoms with Crippen molar-refractivity contribution in [1.82, 2.24) is 4.98 Å². The lowest BCUT2D eigenvalue weighted by atomic mass is 10.2. The summed E-state index contributed by atoms with van der Waals surface area (Å²) in [6, 6.07) is 9.46. The number of rotatable bonds is 4. The molecule has 24 heavy (non-hydrogen) atoms. The van der Waals surface area contributed by atoms with E-state index in [1.807, 2.05) is 0 Å². The third kappa shape index (κ3) is 4.80. The van der Waals surface area contributed by atoms with Gasteiger partial charge in [0.2, 0.25) is 11.8 Å². The number of hydrogen-bond acceptors (Lipinski definition) is 4. The predicted molar refractivity (Wildman–Crippen MR) is 94.4 cm³/mol. The molecule has 0 saturated carbocycles. The number of aromatic nitrogens is 1. The van der Waals surface area contributed by atoms with E-state index in [4.69, 9.17) is 10.5 Å². The number of carbonyl (C=O) groups excluding carboxylic acids is 1. The summed E-state index contributed by atoms with van der Waals surface area (Å²) in [5.74, 6) is 0.179. The Kier molecular flexibility index (Phi) is 7.41. The van der Waals surface area contributed by atoms with Gasteiger partial charge in [-0.05, 0) is 23.8 Å². The molecular weight excluding hydrogens is 356 g/mol. The second-order valence-electron chi connectivity index (χ2n) is 5.24. The molecule has 1 aliphatic heterocycles. The van der Waals surface area contributed by atoms with Gasteiger partial charge >= 0.3 is 0 Å². The first-order valence-electron chi connectivity index (χ1n) is 7.01. The average Bonchev–Trinajstić information content (AvgIpc) is 2.86. The molecule has 0 spiro atoms. The number of nitrogens with two attached hydrogens (primary N) is 1. The highest BCUT2D eigenvalue weighted by Crippen LogP contribution is 2.22. The van der Waals surface area contributed by atoms with Crippen LogP contribution < -0.4 is 15.4 Å². The highest BCUT2D eigenvalue weighted by atomic mass is 35.5. The molecule has 130 valence electrons. The Morgan fingerprint density at radius 2 is 1.92 bits per heavy atom. The number of amides is 1. The van der Waals surface area contributed by atoms with Gasteiger partial charge < -0.3 is 15.4 Å². The molecule has 5 nitrogen and oxygen atoms in total. The minimum atomic E-state index is -0.278. The molecule has 2 heterocycles. The maximum Gasteiger partial charge on any atom is 0.228 e. The van der Waals surface area contributed by atoms with E-state index in [0.29, 0.717) is 31.1 Å². The first-order valence-corrected chi connectivity index (χ1v) is 7.01. The third-order valence-corrected chi connectivity index (χ3v) is 3.49. The van der Waals surface area contributed by atoms with E-state index in [0.717, 1.165) is 5.56 Å². The van der Waals surface area contributed by atoms with Crippen molar-refractivity contribution in [3.8, 4) is 5.88 Å². The Balaban J connectivity index is 0.00000144. The highest BCUT2D eigenvalue weighted by molar-refractivity contribution is 5.96. The number of nitrogens with zero attached hydrogens (tertiary/aromatic N) is 2. The quantitative estimate of drug-likeness (QED) is 0.894. The minimum Gasteiger partial charge on any atom is -0.473 e. The highest BCUT2D eigenvalue weighted by Gasteiger charge is 2.28. The van der Waals surface area contributed by atoms with Crippen molar-refractivity contribution in [2.45, 2.75) is 19.1 Å². The first-order chi connectivity index (χ1) is 10.6. The van der Waals surface area contributed by atoms with Crippen molar-refractivity contribution >= 4 is 36.4 Å². The lowest BCUT2D eigenvalue weighted by Gasteiger charge is -2.15. The van der Waals surface area contributed by atoms with E-state index in [2.05, 4.69) is 4.98 Å². The zero-order valence-corrected chi connectivity index (χ0v) is 14.4. The summed E-state index contributed by atoms with van der Waals surface area (Å²) in [6.07, 6.45) is 1.96. The summed E-state index contributed by atoms with van der Waals surface area (Å²) < 4.78 is 18.3. The zero-order chi connectivity index (χ0) is 15.5. The van der Waals surface area contributed by atoms with Gasteiger partial charge in [0.05, 0.1) is 11.9 Å². The van der Waals surface area contributed by atoms with Crippen molar-refractivity contribution in [1.29, 1.82) is 0 Å². The second-order valence-corrected chi connectivity index (χ2v) is 5.24. The molecule has 0 radical (unpaired) electrons. The van der Waals surface area contributed by atoms with Crippen molar-refractivity contribution in [2.24, 2.45) is 5.73 Å². The molecule has 2 aromatic rings. The standard InChI is InChI=1S/C16H16FN3O2.2ClH/c17-12-3-1-11(2-4-12)10-22-15-6-5-14(8-19-15)20-9-13(18)7-16(20)21;;/h1-6,8,13H,7,9-10,18H2;2*1H/t13-;;/m0../s1. The molecule has 1 atom stereocenters. The maximum absolute atomic E-state index is 12.8. The summed E-state index contributed by atoms with van der Waals surface area (Å²) >= 11 is 0. The number of pyridine rings is 1. The lowest BCUT2D eigenvalue weighted by molar-refractivity contribution is -0.117. The molecule has 1 saturated heterocycles. The lowest BCUT2D eigenvalue weighted by Crippen LogP contribution is -2.27. The zero-order valence-electron chi connectivity index (χ0n) is 12.7. The van der Waals surface area contributed by atoms with E-state index >= 15 is 0 Å². The van der Waals surface area contributed by atoms with Crippen LogP contribution in [0.25, 0.3) is 0 Å². The molecule has 1 fully saturated rings. The molecule has 1 aliphatic rings. The molecule has 1 aromatic heterocycles. The van der Waals surface area contributed by atoms with Crippen molar-refractivity contribution < 1.29 is 13.9 Å². The van der Waals surface area contributed by atoms with Gasteiger partial charge in [-0.25, -0.2) is 9.37 Å².